The molecule has 11 heteroatoms. The largest absolute Gasteiger partial charge is 0.508 e. The van der Waals surface area contributed by atoms with Gasteiger partial charge < -0.3 is 25.2 Å². The molecule has 1 saturated carbocycles. The summed E-state index contributed by atoms with van der Waals surface area (Å²) in [6.45, 7) is 6.44. The van der Waals surface area contributed by atoms with E-state index < -0.39 is 11.7 Å². The third-order valence-corrected chi connectivity index (χ3v) is 9.13. The van der Waals surface area contributed by atoms with Crippen LogP contribution >= 0.6 is 11.3 Å². The Kier molecular flexibility index (Phi) is 10.00. The van der Waals surface area contributed by atoms with Gasteiger partial charge in [0.15, 0.2) is 0 Å². The molecule has 9 nitrogen and oxygen atoms in total. The zero-order valence-electron chi connectivity index (χ0n) is 25.3. The summed E-state index contributed by atoms with van der Waals surface area (Å²) in [6.07, 6.45) is 4.55. The summed E-state index contributed by atoms with van der Waals surface area (Å²) in [7, 11) is 0. The van der Waals surface area contributed by atoms with E-state index in [1.807, 2.05) is 31.2 Å². The van der Waals surface area contributed by atoms with Crippen molar-refractivity contribution in [2.45, 2.75) is 57.8 Å². The number of hydrogen-bond acceptors (Lipinski definition) is 9. The molecule has 3 N–H and O–H groups in total. The van der Waals surface area contributed by atoms with Gasteiger partial charge in [-0.2, -0.15) is 0 Å². The van der Waals surface area contributed by atoms with Gasteiger partial charge in [-0.15, -0.1) is 11.3 Å². The summed E-state index contributed by atoms with van der Waals surface area (Å²) in [6, 6.07) is 14.3. The van der Waals surface area contributed by atoms with Crippen molar-refractivity contribution in [1.82, 2.24) is 25.5 Å². The van der Waals surface area contributed by atoms with Crippen LogP contribution < -0.4 is 15.4 Å². The lowest BCUT2D eigenvalue weighted by Gasteiger charge is -2.29. The molecule has 0 atom stereocenters. The second kappa shape index (κ2) is 14.5. The number of aryl methyl sites for hydroxylation is 1. The fourth-order valence-electron chi connectivity index (χ4n) is 5.95. The maximum absolute atomic E-state index is 14.3. The van der Waals surface area contributed by atoms with Gasteiger partial charge in [-0.1, -0.05) is 18.2 Å². The number of phenolic OH excluding ortho intramolecular Hbond substituents is 1. The standard InChI is InChI=1S/C34H38FN5O4S/c1-22-38-28(21-45-22)19-36-26-5-7-27(8-6-26)39-33(42)32-17-25(35)18-37-34(32)44-30-4-2-3-23(16-30)31-10-9-29(41)15-24(31)20-40-11-13-43-14-12-40/h2-4,9-10,15-18,21,26-27,36,41H,5-8,11-14,19-20H2,1H3,(H,39,42). The van der Waals surface area contributed by atoms with Crippen LogP contribution in [0.2, 0.25) is 0 Å². The highest BCUT2D eigenvalue weighted by Crippen LogP contribution is 2.33. The molecular weight excluding hydrogens is 593 g/mol. The van der Waals surface area contributed by atoms with Crippen LogP contribution in [0.4, 0.5) is 4.39 Å². The van der Waals surface area contributed by atoms with Crippen molar-refractivity contribution in [3.05, 3.63) is 87.8 Å². The number of amides is 1. The Labute approximate surface area is 266 Å². The average molecular weight is 632 g/mol. The molecule has 3 heterocycles. The Bertz CT molecular complexity index is 1620. The molecule has 236 valence electrons. The van der Waals surface area contributed by atoms with Gasteiger partial charge in [0.2, 0.25) is 5.88 Å². The number of phenols is 1. The molecule has 1 aliphatic heterocycles. The van der Waals surface area contributed by atoms with Crippen molar-refractivity contribution in [2.24, 2.45) is 0 Å². The number of pyridine rings is 1. The summed E-state index contributed by atoms with van der Waals surface area (Å²) < 4.78 is 25.9. The number of nitrogens with one attached hydrogen (secondary N) is 2. The summed E-state index contributed by atoms with van der Waals surface area (Å²) >= 11 is 1.65. The van der Waals surface area contributed by atoms with Crippen LogP contribution in [0.1, 0.15) is 52.3 Å². The van der Waals surface area contributed by atoms with Gasteiger partial charge in [-0.3, -0.25) is 9.69 Å². The van der Waals surface area contributed by atoms with E-state index in [0.717, 1.165) is 78.9 Å². The van der Waals surface area contributed by atoms with E-state index in [0.29, 0.717) is 31.5 Å². The number of ether oxygens (including phenoxy) is 2. The predicted molar refractivity (Wildman–Crippen MR) is 171 cm³/mol. The van der Waals surface area contributed by atoms with Crippen LogP contribution in [-0.4, -0.2) is 64.3 Å². The SMILES string of the molecule is Cc1nc(CNC2CCC(NC(=O)c3cc(F)cnc3Oc3cccc(-c4ccc(O)cc4CN4CCOCC4)c3)CC2)cs1. The highest BCUT2D eigenvalue weighted by Gasteiger charge is 2.25. The van der Waals surface area contributed by atoms with Crippen molar-refractivity contribution in [3.63, 3.8) is 0 Å². The van der Waals surface area contributed by atoms with Gasteiger partial charge >= 0.3 is 0 Å². The first-order valence-electron chi connectivity index (χ1n) is 15.4. The number of nitrogens with zero attached hydrogens (tertiary/aromatic N) is 3. The molecule has 1 amide bonds. The molecular formula is C34H38FN5O4S. The lowest BCUT2D eigenvalue weighted by atomic mass is 9.91. The first-order chi connectivity index (χ1) is 21.9. The van der Waals surface area contributed by atoms with Crippen LogP contribution in [0.5, 0.6) is 17.4 Å². The number of morpholine rings is 1. The molecule has 6 rings (SSSR count). The van der Waals surface area contributed by atoms with Crippen molar-refractivity contribution >= 4 is 17.2 Å². The molecule has 2 aromatic heterocycles. The maximum Gasteiger partial charge on any atom is 0.257 e. The molecule has 0 unspecified atom stereocenters. The van der Waals surface area contributed by atoms with Gasteiger partial charge in [-0.25, -0.2) is 14.4 Å². The van der Waals surface area contributed by atoms with Gasteiger partial charge in [-0.05, 0) is 79.6 Å². The molecule has 1 aliphatic carbocycles. The number of hydrogen-bond donors (Lipinski definition) is 3. The molecule has 2 fully saturated rings. The van der Waals surface area contributed by atoms with E-state index in [1.54, 1.807) is 29.5 Å². The van der Waals surface area contributed by atoms with Crippen molar-refractivity contribution in [1.29, 1.82) is 0 Å². The molecule has 0 spiro atoms. The van der Waals surface area contributed by atoms with Crippen LogP contribution in [0.15, 0.2) is 60.1 Å². The number of carbonyl (C=O) groups is 1. The van der Waals surface area contributed by atoms with Crippen LogP contribution in [0, 0.1) is 12.7 Å². The highest BCUT2D eigenvalue weighted by molar-refractivity contribution is 7.09. The molecule has 45 heavy (non-hydrogen) atoms. The predicted octanol–water partition coefficient (Wildman–Crippen LogP) is 5.81. The molecule has 1 saturated heterocycles. The molecule has 2 aliphatic rings. The van der Waals surface area contributed by atoms with E-state index >= 15 is 0 Å². The van der Waals surface area contributed by atoms with Crippen molar-refractivity contribution < 1.29 is 23.8 Å². The van der Waals surface area contributed by atoms with E-state index in [-0.39, 0.29) is 23.2 Å². The Balaban J connectivity index is 1.11. The zero-order valence-corrected chi connectivity index (χ0v) is 26.1. The second-order valence-corrected chi connectivity index (χ2v) is 12.7. The number of aromatic hydroxyl groups is 1. The number of carbonyl (C=O) groups excluding carboxylic acids is 1. The molecule has 4 aromatic rings. The second-order valence-electron chi connectivity index (χ2n) is 11.6. The van der Waals surface area contributed by atoms with Gasteiger partial charge in [0, 0.05) is 43.6 Å². The van der Waals surface area contributed by atoms with Gasteiger partial charge in [0.1, 0.15) is 22.9 Å². The highest BCUT2D eigenvalue weighted by atomic mass is 32.1. The minimum atomic E-state index is -0.608. The summed E-state index contributed by atoms with van der Waals surface area (Å²) in [4.78, 5) is 24.3. The quantitative estimate of drug-likeness (QED) is 0.201. The first kappa shape index (κ1) is 31.1. The van der Waals surface area contributed by atoms with E-state index in [9.17, 15) is 14.3 Å². The summed E-state index contributed by atoms with van der Waals surface area (Å²) in [5, 5.41) is 20.0. The Morgan fingerprint density at radius 3 is 2.69 bits per heavy atom. The van der Waals surface area contributed by atoms with Crippen LogP contribution in [-0.2, 0) is 17.8 Å². The van der Waals surface area contributed by atoms with Crippen LogP contribution in [0.25, 0.3) is 11.1 Å². The van der Waals surface area contributed by atoms with Crippen LogP contribution in [0.3, 0.4) is 0 Å². The van der Waals surface area contributed by atoms with E-state index in [2.05, 4.69) is 30.9 Å². The molecule has 0 radical (unpaired) electrons. The van der Waals surface area contributed by atoms with Gasteiger partial charge in [0.25, 0.3) is 5.91 Å². The third-order valence-electron chi connectivity index (χ3n) is 8.31. The van der Waals surface area contributed by atoms with E-state index in [1.165, 1.54) is 6.07 Å². The number of benzene rings is 2. The summed E-state index contributed by atoms with van der Waals surface area (Å²) in [5.74, 6) is -0.305. The lowest BCUT2D eigenvalue weighted by molar-refractivity contribution is 0.0342. The smallest absolute Gasteiger partial charge is 0.257 e. The lowest BCUT2D eigenvalue weighted by Crippen LogP contribution is -2.42. The number of rotatable bonds is 10. The van der Waals surface area contributed by atoms with Gasteiger partial charge in [0.05, 0.1) is 30.1 Å². The minimum Gasteiger partial charge on any atom is -0.508 e. The van der Waals surface area contributed by atoms with Crippen molar-refractivity contribution in [2.75, 3.05) is 26.3 Å². The summed E-state index contributed by atoms with van der Waals surface area (Å²) in [5.41, 5.74) is 3.94. The zero-order chi connectivity index (χ0) is 31.2. The fourth-order valence-corrected chi connectivity index (χ4v) is 6.56. The first-order valence-corrected chi connectivity index (χ1v) is 16.3. The molecule has 2 aromatic carbocycles. The topological polar surface area (TPSA) is 109 Å². The Hall–Kier alpha value is -3.90. The number of thiazole rings is 1. The van der Waals surface area contributed by atoms with Crippen molar-refractivity contribution in [3.8, 4) is 28.5 Å². The Morgan fingerprint density at radius 2 is 1.91 bits per heavy atom. The maximum atomic E-state index is 14.3. The number of halogens is 1. The normalized spacial score (nSPS) is 18.9. The van der Waals surface area contributed by atoms with E-state index in [4.69, 9.17) is 9.47 Å². The fraction of sp³-hybridized carbons (Fsp3) is 0.382. The Morgan fingerprint density at radius 1 is 1.11 bits per heavy atom. The molecule has 0 bridgehead atoms. The average Bonchev–Trinajstić information content (AvgIpc) is 3.47. The number of aromatic nitrogens is 2. The monoisotopic (exact) mass is 631 g/mol. The minimum absolute atomic E-state index is 0.0177. The third kappa shape index (κ3) is 8.23.